The number of nitrogens with one attached hydrogen (secondary N) is 1. The van der Waals surface area contributed by atoms with E-state index in [1.807, 2.05) is 6.92 Å². The molecule has 0 atom stereocenters. The molecule has 23 heavy (non-hydrogen) atoms. The summed E-state index contributed by atoms with van der Waals surface area (Å²) < 4.78 is 13.9. The fourth-order valence-electron chi connectivity index (χ4n) is 2.94. The summed E-state index contributed by atoms with van der Waals surface area (Å²) in [6.07, 6.45) is 2.30. The summed E-state index contributed by atoms with van der Waals surface area (Å²) in [5, 5.41) is 0.432. The van der Waals surface area contributed by atoms with E-state index in [0.717, 1.165) is 29.9 Å². The number of fused-ring (bicyclic) bond motifs is 1. The van der Waals surface area contributed by atoms with Crippen molar-refractivity contribution in [2.75, 3.05) is 6.54 Å². The molecule has 1 aliphatic heterocycles. The Balaban J connectivity index is 1.83. The van der Waals surface area contributed by atoms with E-state index >= 15 is 0 Å². The van der Waals surface area contributed by atoms with Crippen LogP contribution in [0.5, 0.6) is 0 Å². The first-order chi connectivity index (χ1) is 11.1. The molecule has 2 aromatic rings. The molecule has 1 aliphatic rings. The maximum atomic E-state index is 13.9. The highest BCUT2D eigenvalue weighted by atomic mass is 35.5. The molecule has 0 bridgehead atoms. The highest BCUT2D eigenvalue weighted by Crippen LogP contribution is 2.23. The molecule has 122 valence electrons. The Morgan fingerprint density at radius 2 is 2.26 bits per heavy atom. The Labute approximate surface area is 139 Å². The van der Waals surface area contributed by atoms with Crippen LogP contribution in [0.15, 0.2) is 23.0 Å². The van der Waals surface area contributed by atoms with Crippen LogP contribution in [0.4, 0.5) is 4.39 Å². The van der Waals surface area contributed by atoms with Gasteiger partial charge in [0, 0.05) is 42.2 Å². The minimum absolute atomic E-state index is 0.0398. The fourth-order valence-corrected chi connectivity index (χ4v) is 3.17. The third-order valence-electron chi connectivity index (χ3n) is 4.13. The van der Waals surface area contributed by atoms with Crippen molar-refractivity contribution >= 4 is 11.6 Å². The van der Waals surface area contributed by atoms with Crippen LogP contribution in [0.1, 0.15) is 36.0 Å². The predicted octanol–water partition coefficient (Wildman–Crippen LogP) is 3.07. The van der Waals surface area contributed by atoms with Gasteiger partial charge in [-0.1, -0.05) is 24.6 Å². The first kappa shape index (κ1) is 16.1. The Kier molecular flexibility index (Phi) is 4.78. The maximum absolute atomic E-state index is 13.9. The number of aryl methyl sites for hydroxylation is 1. The standard InChI is InChI=1S/C17H19ClFN3O/c1-2-4-16-20-15-10-22(8-7-11(15)17(23)21-16)9-12-13(18)5-3-6-14(12)19/h3,5-6H,2,4,7-10H2,1H3,(H,20,21,23). The third kappa shape index (κ3) is 3.46. The summed E-state index contributed by atoms with van der Waals surface area (Å²) in [6, 6.07) is 4.71. The molecule has 0 unspecified atom stereocenters. The van der Waals surface area contributed by atoms with E-state index in [-0.39, 0.29) is 11.4 Å². The molecular weight excluding hydrogens is 317 g/mol. The van der Waals surface area contributed by atoms with Gasteiger partial charge in [0.05, 0.1) is 5.69 Å². The van der Waals surface area contributed by atoms with Crippen molar-refractivity contribution in [1.29, 1.82) is 0 Å². The van der Waals surface area contributed by atoms with Gasteiger partial charge in [0.15, 0.2) is 0 Å². The lowest BCUT2D eigenvalue weighted by atomic mass is 10.1. The van der Waals surface area contributed by atoms with Gasteiger partial charge in [0.25, 0.3) is 5.56 Å². The van der Waals surface area contributed by atoms with Crippen molar-refractivity contribution in [2.45, 2.75) is 39.3 Å². The molecule has 0 spiro atoms. The van der Waals surface area contributed by atoms with Crippen LogP contribution >= 0.6 is 11.6 Å². The van der Waals surface area contributed by atoms with Crippen molar-refractivity contribution < 1.29 is 4.39 Å². The van der Waals surface area contributed by atoms with Gasteiger partial charge in [-0.15, -0.1) is 0 Å². The van der Waals surface area contributed by atoms with Crippen molar-refractivity contribution in [1.82, 2.24) is 14.9 Å². The zero-order chi connectivity index (χ0) is 16.4. The second-order valence-electron chi connectivity index (χ2n) is 5.85. The van der Waals surface area contributed by atoms with Crippen molar-refractivity contribution in [3.05, 3.63) is 62.0 Å². The van der Waals surface area contributed by atoms with Gasteiger partial charge in [-0.3, -0.25) is 9.69 Å². The van der Waals surface area contributed by atoms with Crippen molar-refractivity contribution in [3.63, 3.8) is 0 Å². The van der Waals surface area contributed by atoms with Gasteiger partial charge in [-0.2, -0.15) is 0 Å². The Morgan fingerprint density at radius 3 is 3.00 bits per heavy atom. The zero-order valence-electron chi connectivity index (χ0n) is 13.0. The van der Waals surface area contributed by atoms with Gasteiger partial charge in [0.1, 0.15) is 11.6 Å². The molecule has 6 heteroatoms. The van der Waals surface area contributed by atoms with E-state index in [9.17, 15) is 9.18 Å². The second-order valence-corrected chi connectivity index (χ2v) is 6.26. The molecule has 0 fully saturated rings. The van der Waals surface area contributed by atoms with E-state index in [2.05, 4.69) is 14.9 Å². The molecule has 1 N–H and O–H groups in total. The number of nitrogens with zero attached hydrogens (tertiary/aromatic N) is 2. The number of halogens is 2. The summed E-state index contributed by atoms with van der Waals surface area (Å²) in [5.74, 6) is 0.427. The molecule has 0 saturated heterocycles. The van der Waals surface area contributed by atoms with E-state index in [1.165, 1.54) is 6.07 Å². The summed E-state index contributed by atoms with van der Waals surface area (Å²) in [7, 11) is 0. The highest BCUT2D eigenvalue weighted by molar-refractivity contribution is 6.31. The molecule has 1 aromatic heterocycles. The van der Waals surface area contributed by atoms with Crippen LogP contribution in [0.3, 0.4) is 0 Å². The summed E-state index contributed by atoms with van der Waals surface area (Å²) in [6.45, 7) is 3.70. The molecule has 4 nitrogen and oxygen atoms in total. The molecule has 0 aliphatic carbocycles. The minimum Gasteiger partial charge on any atom is -0.310 e. The molecule has 1 aromatic carbocycles. The Bertz CT molecular complexity index is 755. The van der Waals surface area contributed by atoms with Crippen LogP contribution in [0.25, 0.3) is 0 Å². The normalized spacial score (nSPS) is 14.7. The van der Waals surface area contributed by atoms with Gasteiger partial charge < -0.3 is 4.98 Å². The van der Waals surface area contributed by atoms with Gasteiger partial charge in [-0.25, -0.2) is 9.37 Å². The molecule has 0 amide bonds. The fraction of sp³-hybridized carbons (Fsp3) is 0.412. The zero-order valence-corrected chi connectivity index (χ0v) is 13.8. The highest BCUT2D eigenvalue weighted by Gasteiger charge is 2.22. The van der Waals surface area contributed by atoms with Gasteiger partial charge in [0.2, 0.25) is 0 Å². The number of hydrogen-bond donors (Lipinski definition) is 1. The third-order valence-corrected chi connectivity index (χ3v) is 4.49. The lowest BCUT2D eigenvalue weighted by Gasteiger charge is -2.28. The quantitative estimate of drug-likeness (QED) is 0.934. The van der Waals surface area contributed by atoms with Crippen molar-refractivity contribution in [3.8, 4) is 0 Å². The van der Waals surface area contributed by atoms with Crippen LogP contribution < -0.4 is 5.56 Å². The predicted molar refractivity (Wildman–Crippen MR) is 88.1 cm³/mol. The van der Waals surface area contributed by atoms with E-state index in [0.29, 0.717) is 36.6 Å². The van der Waals surface area contributed by atoms with E-state index in [1.54, 1.807) is 12.1 Å². The van der Waals surface area contributed by atoms with E-state index in [4.69, 9.17) is 11.6 Å². The first-order valence-electron chi connectivity index (χ1n) is 7.84. The van der Waals surface area contributed by atoms with Crippen LogP contribution in [0.2, 0.25) is 5.02 Å². The van der Waals surface area contributed by atoms with Crippen molar-refractivity contribution in [2.24, 2.45) is 0 Å². The first-order valence-corrected chi connectivity index (χ1v) is 8.22. The number of benzene rings is 1. The number of H-pyrrole nitrogens is 1. The largest absolute Gasteiger partial charge is 0.310 e. The molecule has 3 rings (SSSR count). The number of rotatable bonds is 4. The average molecular weight is 336 g/mol. The SMILES string of the molecule is CCCc1nc2c(c(=O)[nH]1)CCN(Cc1c(F)cccc1Cl)C2. The smallest absolute Gasteiger partial charge is 0.254 e. The molecule has 2 heterocycles. The monoisotopic (exact) mass is 335 g/mol. The topological polar surface area (TPSA) is 49.0 Å². The average Bonchev–Trinajstić information content (AvgIpc) is 2.51. The van der Waals surface area contributed by atoms with Gasteiger partial charge in [-0.05, 0) is 25.0 Å². The molecular formula is C17H19ClFN3O. The maximum Gasteiger partial charge on any atom is 0.254 e. The van der Waals surface area contributed by atoms with Crippen LogP contribution in [-0.4, -0.2) is 21.4 Å². The number of hydrogen-bond acceptors (Lipinski definition) is 3. The number of aromatic amines is 1. The summed E-state index contributed by atoms with van der Waals surface area (Å²) in [5.41, 5.74) is 2.01. The Hall–Kier alpha value is -1.72. The summed E-state index contributed by atoms with van der Waals surface area (Å²) in [4.78, 5) is 21.6. The lowest BCUT2D eigenvalue weighted by Crippen LogP contribution is -2.35. The van der Waals surface area contributed by atoms with Crippen LogP contribution in [-0.2, 0) is 25.9 Å². The number of aromatic nitrogens is 2. The molecule has 0 radical (unpaired) electrons. The second kappa shape index (κ2) is 6.81. The van der Waals surface area contributed by atoms with E-state index < -0.39 is 0 Å². The van der Waals surface area contributed by atoms with Gasteiger partial charge >= 0.3 is 0 Å². The van der Waals surface area contributed by atoms with Crippen LogP contribution in [0, 0.1) is 5.82 Å². The molecule has 0 saturated carbocycles. The summed E-state index contributed by atoms with van der Waals surface area (Å²) >= 11 is 6.10. The minimum atomic E-state index is -0.297. The lowest BCUT2D eigenvalue weighted by molar-refractivity contribution is 0.237. The Morgan fingerprint density at radius 1 is 1.43 bits per heavy atom.